The molecule has 0 unspecified atom stereocenters. The number of nitrogens with zero attached hydrogens (tertiary/aromatic N) is 2. The predicted molar refractivity (Wildman–Crippen MR) is 140 cm³/mol. The SMILES string of the molecule is C[C@H](Oc1cc(-n2nc(C(F)(F)F)c3c2[C@@H](Oc2ccc(C(=O)O)cc2)CCC3)ccc1F)c1ccc2c(c1)OC(F)(F)O2. The van der Waals surface area contributed by atoms with E-state index in [1.54, 1.807) is 0 Å². The zero-order chi connectivity index (χ0) is 31.4. The van der Waals surface area contributed by atoms with Gasteiger partial charge in [0.1, 0.15) is 18.0 Å². The first kappa shape index (κ1) is 29.2. The molecule has 2 aliphatic rings. The summed E-state index contributed by atoms with van der Waals surface area (Å²) in [4.78, 5) is 11.2. The molecule has 44 heavy (non-hydrogen) atoms. The second-order valence-corrected chi connectivity index (χ2v) is 10.2. The highest BCUT2D eigenvalue weighted by Gasteiger charge is 2.44. The highest BCUT2D eigenvalue weighted by Crippen LogP contribution is 2.44. The third-order valence-corrected chi connectivity index (χ3v) is 7.23. The molecule has 0 amide bonds. The first-order valence-corrected chi connectivity index (χ1v) is 13.3. The lowest BCUT2D eigenvalue weighted by atomic mass is 9.93. The number of rotatable bonds is 7. The topological polar surface area (TPSA) is 92.0 Å². The maximum atomic E-state index is 14.9. The monoisotopic (exact) mass is 620 g/mol. The molecule has 0 saturated carbocycles. The average molecular weight is 621 g/mol. The minimum Gasteiger partial charge on any atom is -0.484 e. The predicted octanol–water partition coefficient (Wildman–Crippen LogP) is 7.65. The van der Waals surface area contributed by atoms with Crippen molar-refractivity contribution < 1.29 is 55.2 Å². The van der Waals surface area contributed by atoms with Crippen LogP contribution in [0.1, 0.15) is 64.8 Å². The van der Waals surface area contributed by atoms with Crippen LogP contribution in [-0.4, -0.2) is 27.2 Å². The fourth-order valence-corrected chi connectivity index (χ4v) is 5.21. The van der Waals surface area contributed by atoms with Gasteiger partial charge in [0, 0.05) is 11.6 Å². The number of benzene rings is 3. The van der Waals surface area contributed by atoms with Crippen LogP contribution in [-0.2, 0) is 12.6 Å². The number of hydrogen-bond acceptors (Lipinski definition) is 6. The van der Waals surface area contributed by atoms with Crippen LogP contribution < -0.4 is 18.9 Å². The van der Waals surface area contributed by atoms with E-state index in [0.717, 1.165) is 10.7 Å². The van der Waals surface area contributed by atoms with Crippen molar-refractivity contribution in [2.45, 2.75) is 50.9 Å². The van der Waals surface area contributed by atoms with Gasteiger partial charge in [-0.25, -0.2) is 13.9 Å². The van der Waals surface area contributed by atoms with Crippen LogP contribution in [0, 0.1) is 5.82 Å². The van der Waals surface area contributed by atoms with Crippen molar-refractivity contribution in [1.82, 2.24) is 9.78 Å². The number of carboxylic acid groups (broad SMARTS) is 1. The summed E-state index contributed by atoms with van der Waals surface area (Å²) in [5.74, 6) is -2.47. The molecule has 8 nitrogen and oxygen atoms in total. The fraction of sp³-hybridized carbons (Fsp3) is 0.267. The van der Waals surface area contributed by atoms with E-state index < -0.39 is 42.2 Å². The van der Waals surface area contributed by atoms with Crippen LogP contribution in [0.4, 0.5) is 26.3 Å². The summed E-state index contributed by atoms with van der Waals surface area (Å²) in [6.07, 6.45) is -9.62. The van der Waals surface area contributed by atoms with Crippen LogP contribution in [0.2, 0.25) is 0 Å². The Kier molecular flexibility index (Phi) is 7.09. The molecular formula is C30H22F6N2O6. The summed E-state index contributed by atoms with van der Waals surface area (Å²) in [7, 11) is 0. The second kappa shape index (κ2) is 10.7. The molecule has 3 aromatic carbocycles. The molecule has 2 heterocycles. The maximum absolute atomic E-state index is 14.9. The standard InChI is InChI=1S/C30H22F6N2O6/c1-15(17-7-12-22-25(13-17)44-30(35,36)43-22)41-24-14-18(8-11-21(24)31)38-26-20(27(37-38)29(32,33)34)3-2-4-23(26)42-19-9-5-16(6-10-19)28(39)40/h5-15,23H,2-4H2,1H3,(H,39,40)/t15-,23-/m0/s1. The molecule has 0 saturated heterocycles. The van der Waals surface area contributed by atoms with Crippen LogP contribution in [0.15, 0.2) is 60.7 Å². The fourth-order valence-electron chi connectivity index (χ4n) is 5.21. The Bertz CT molecular complexity index is 1740. The summed E-state index contributed by atoms with van der Waals surface area (Å²) >= 11 is 0. The number of alkyl halides is 5. The smallest absolute Gasteiger partial charge is 0.484 e. The molecule has 0 bridgehead atoms. The number of aromatic nitrogens is 2. The Morgan fingerprint density at radius 2 is 1.80 bits per heavy atom. The summed E-state index contributed by atoms with van der Waals surface area (Å²) < 4.78 is 106. The number of halogens is 6. The Morgan fingerprint density at radius 3 is 2.50 bits per heavy atom. The third kappa shape index (κ3) is 5.58. The lowest BCUT2D eigenvalue weighted by molar-refractivity contribution is -0.286. The van der Waals surface area contributed by atoms with Crippen molar-refractivity contribution in [2.24, 2.45) is 0 Å². The first-order chi connectivity index (χ1) is 20.8. The van der Waals surface area contributed by atoms with Gasteiger partial charge >= 0.3 is 18.4 Å². The molecule has 0 radical (unpaired) electrons. The molecule has 1 aliphatic heterocycles. The molecule has 0 fully saturated rings. The molecule has 14 heteroatoms. The van der Waals surface area contributed by atoms with Crippen molar-refractivity contribution in [1.29, 1.82) is 0 Å². The largest absolute Gasteiger partial charge is 0.586 e. The summed E-state index contributed by atoms with van der Waals surface area (Å²) in [5, 5.41) is 13.0. The van der Waals surface area contributed by atoms with Gasteiger partial charge in [-0.3, -0.25) is 0 Å². The van der Waals surface area contributed by atoms with Gasteiger partial charge < -0.3 is 24.1 Å². The van der Waals surface area contributed by atoms with Crippen molar-refractivity contribution in [2.75, 3.05) is 0 Å². The minimum absolute atomic E-state index is 0.0119. The molecule has 1 aliphatic carbocycles. The van der Waals surface area contributed by atoms with Crippen LogP contribution in [0.5, 0.6) is 23.0 Å². The minimum atomic E-state index is -4.79. The Labute approximate surface area is 245 Å². The van der Waals surface area contributed by atoms with E-state index in [2.05, 4.69) is 14.6 Å². The van der Waals surface area contributed by atoms with Gasteiger partial charge in [-0.1, -0.05) is 6.07 Å². The molecule has 0 spiro atoms. The summed E-state index contributed by atoms with van der Waals surface area (Å²) in [6, 6.07) is 12.8. The molecule has 230 valence electrons. The molecule has 1 aromatic heterocycles. The number of carbonyl (C=O) groups is 1. The van der Waals surface area contributed by atoms with E-state index in [-0.39, 0.29) is 51.9 Å². The zero-order valence-corrected chi connectivity index (χ0v) is 22.7. The van der Waals surface area contributed by atoms with Crippen LogP contribution in [0.25, 0.3) is 5.69 Å². The highest BCUT2D eigenvalue weighted by molar-refractivity contribution is 5.87. The van der Waals surface area contributed by atoms with E-state index in [9.17, 15) is 31.1 Å². The number of ether oxygens (including phenoxy) is 4. The van der Waals surface area contributed by atoms with E-state index >= 15 is 0 Å². The molecule has 4 aromatic rings. The van der Waals surface area contributed by atoms with Crippen molar-refractivity contribution in [3.05, 3.63) is 94.6 Å². The highest BCUT2D eigenvalue weighted by atomic mass is 19.4. The lowest BCUT2D eigenvalue weighted by Crippen LogP contribution is -2.25. The van der Waals surface area contributed by atoms with Crippen molar-refractivity contribution >= 4 is 5.97 Å². The Hall–Kier alpha value is -4.88. The molecular weight excluding hydrogens is 598 g/mol. The quantitative estimate of drug-likeness (QED) is 0.212. The van der Waals surface area contributed by atoms with Gasteiger partial charge in [0.25, 0.3) is 0 Å². The van der Waals surface area contributed by atoms with Gasteiger partial charge in [-0.05, 0) is 80.3 Å². The summed E-state index contributed by atoms with van der Waals surface area (Å²) in [5.41, 5.74) is -0.630. The lowest BCUT2D eigenvalue weighted by Gasteiger charge is -2.26. The third-order valence-electron chi connectivity index (χ3n) is 7.23. The van der Waals surface area contributed by atoms with Gasteiger partial charge in [0.15, 0.2) is 28.8 Å². The number of hydrogen-bond donors (Lipinski definition) is 1. The van der Waals surface area contributed by atoms with Gasteiger partial charge in [-0.15, -0.1) is 8.78 Å². The van der Waals surface area contributed by atoms with Gasteiger partial charge in [0.05, 0.1) is 16.9 Å². The first-order valence-electron chi connectivity index (χ1n) is 13.3. The van der Waals surface area contributed by atoms with Crippen LogP contribution in [0.3, 0.4) is 0 Å². The molecule has 6 rings (SSSR count). The van der Waals surface area contributed by atoms with E-state index in [1.165, 1.54) is 61.5 Å². The van der Waals surface area contributed by atoms with E-state index in [0.29, 0.717) is 18.4 Å². The average Bonchev–Trinajstić information content (AvgIpc) is 3.51. The van der Waals surface area contributed by atoms with Gasteiger partial charge in [0.2, 0.25) is 0 Å². The maximum Gasteiger partial charge on any atom is 0.586 e. The van der Waals surface area contributed by atoms with Crippen LogP contribution >= 0.6 is 0 Å². The van der Waals surface area contributed by atoms with Crippen molar-refractivity contribution in [3.8, 4) is 28.7 Å². The number of fused-ring (bicyclic) bond motifs is 2. The number of carboxylic acids is 1. The second-order valence-electron chi connectivity index (χ2n) is 10.2. The van der Waals surface area contributed by atoms with E-state index in [1.807, 2.05) is 0 Å². The Morgan fingerprint density at radius 1 is 1.07 bits per heavy atom. The number of aromatic carboxylic acids is 1. The normalized spacial score (nSPS) is 17.6. The molecule has 2 atom stereocenters. The van der Waals surface area contributed by atoms with E-state index in [4.69, 9.17) is 14.6 Å². The van der Waals surface area contributed by atoms with Gasteiger partial charge in [-0.2, -0.15) is 18.3 Å². The van der Waals surface area contributed by atoms with Crippen molar-refractivity contribution in [3.63, 3.8) is 0 Å². The zero-order valence-electron chi connectivity index (χ0n) is 22.7. The Balaban J connectivity index is 1.34. The summed E-state index contributed by atoms with van der Waals surface area (Å²) in [6.45, 7) is 1.53. The molecule has 1 N–H and O–H groups in total.